The Kier molecular flexibility index (Phi) is 7.37. The summed E-state index contributed by atoms with van der Waals surface area (Å²) in [5, 5.41) is 2.86. The summed E-state index contributed by atoms with van der Waals surface area (Å²) in [6, 6.07) is 10.0. The maximum atomic E-state index is 13.2. The molecule has 0 spiro atoms. The van der Waals surface area contributed by atoms with Crippen molar-refractivity contribution in [3.63, 3.8) is 0 Å². The van der Waals surface area contributed by atoms with Crippen LogP contribution in [0.15, 0.2) is 42.0 Å². The molecule has 0 unspecified atom stereocenters. The Labute approximate surface area is 196 Å². The van der Waals surface area contributed by atoms with E-state index in [1.807, 2.05) is 13.8 Å². The SMILES string of the molecule is CC[C@@H](C)Oc1c(Cl)cc(/C=C2\C(=O)NC(=S)N(c3ccc(OC)cc3)C2=O)cc1OC. The van der Waals surface area contributed by atoms with E-state index >= 15 is 0 Å². The van der Waals surface area contributed by atoms with Crippen molar-refractivity contribution < 1.29 is 23.8 Å². The average molecular weight is 475 g/mol. The van der Waals surface area contributed by atoms with Crippen molar-refractivity contribution in [2.24, 2.45) is 0 Å². The zero-order valence-corrected chi connectivity index (χ0v) is 19.7. The number of halogens is 1. The average Bonchev–Trinajstić information content (AvgIpc) is 2.78. The number of methoxy groups -OCH3 is 2. The van der Waals surface area contributed by atoms with Crippen molar-refractivity contribution in [3.8, 4) is 17.2 Å². The minimum absolute atomic E-state index is 0.00442. The molecule has 9 heteroatoms. The second-order valence-electron chi connectivity index (χ2n) is 7.03. The Bertz CT molecular complexity index is 1080. The van der Waals surface area contributed by atoms with Crippen molar-refractivity contribution in [1.82, 2.24) is 5.32 Å². The van der Waals surface area contributed by atoms with Gasteiger partial charge < -0.3 is 14.2 Å². The molecule has 168 valence electrons. The smallest absolute Gasteiger partial charge is 0.270 e. The van der Waals surface area contributed by atoms with Gasteiger partial charge in [-0.25, -0.2) is 0 Å². The fourth-order valence-electron chi connectivity index (χ4n) is 3.01. The van der Waals surface area contributed by atoms with Crippen molar-refractivity contribution >= 4 is 52.5 Å². The van der Waals surface area contributed by atoms with Gasteiger partial charge in [0.05, 0.1) is 31.0 Å². The second kappa shape index (κ2) is 10.0. The molecule has 32 heavy (non-hydrogen) atoms. The largest absolute Gasteiger partial charge is 0.497 e. The molecule has 2 amide bonds. The Morgan fingerprint density at radius 3 is 2.44 bits per heavy atom. The lowest BCUT2D eigenvalue weighted by atomic mass is 10.1. The van der Waals surface area contributed by atoms with Crippen LogP contribution in [-0.4, -0.2) is 37.3 Å². The van der Waals surface area contributed by atoms with Crippen LogP contribution in [0.25, 0.3) is 6.08 Å². The lowest BCUT2D eigenvalue weighted by Crippen LogP contribution is -2.54. The van der Waals surface area contributed by atoms with Gasteiger partial charge in [-0.05, 0) is 73.6 Å². The van der Waals surface area contributed by atoms with Crippen molar-refractivity contribution in [2.75, 3.05) is 19.1 Å². The van der Waals surface area contributed by atoms with E-state index in [1.54, 1.807) is 43.5 Å². The number of carbonyl (C=O) groups excluding carboxylic acids is 2. The van der Waals surface area contributed by atoms with Crippen LogP contribution in [0.1, 0.15) is 25.8 Å². The standard InChI is InChI=1S/C23H23ClN2O5S/c1-5-13(2)31-20-18(24)11-14(12-19(20)30-4)10-17-21(27)25-23(32)26(22(17)28)15-6-8-16(29-3)9-7-15/h6-13H,5H2,1-4H3,(H,25,27,32)/b17-10+/t13-/m1/s1. The monoisotopic (exact) mass is 474 g/mol. The molecule has 7 nitrogen and oxygen atoms in total. The van der Waals surface area contributed by atoms with Crippen LogP contribution in [0, 0.1) is 0 Å². The molecule has 1 saturated heterocycles. The molecular formula is C23H23ClN2O5S. The number of anilines is 1. The molecule has 2 aromatic carbocycles. The van der Waals surface area contributed by atoms with Gasteiger partial charge in [-0.1, -0.05) is 18.5 Å². The van der Waals surface area contributed by atoms with Gasteiger partial charge in [0.15, 0.2) is 16.6 Å². The highest BCUT2D eigenvalue weighted by Gasteiger charge is 2.34. The van der Waals surface area contributed by atoms with Crippen LogP contribution in [0.2, 0.25) is 5.02 Å². The fourth-order valence-corrected chi connectivity index (χ4v) is 3.56. The number of ether oxygens (including phenoxy) is 3. The number of carbonyl (C=O) groups is 2. The maximum Gasteiger partial charge on any atom is 0.270 e. The predicted octanol–water partition coefficient (Wildman–Crippen LogP) is 4.37. The van der Waals surface area contributed by atoms with E-state index in [1.165, 1.54) is 18.1 Å². The van der Waals surface area contributed by atoms with Crippen LogP contribution in [0.3, 0.4) is 0 Å². The summed E-state index contributed by atoms with van der Waals surface area (Å²) in [6.07, 6.45) is 2.17. The summed E-state index contributed by atoms with van der Waals surface area (Å²) in [5.74, 6) is 0.283. The Hall–Kier alpha value is -3.10. The molecule has 0 saturated carbocycles. The van der Waals surface area contributed by atoms with E-state index in [9.17, 15) is 9.59 Å². The van der Waals surface area contributed by atoms with Gasteiger partial charge in [0.1, 0.15) is 11.3 Å². The van der Waals surface area contributed by atoms with E-state index in [-0.39, 0.29) is 16.8 Å². The number of nitrogens with one attached hydrogen (secondary N) is 1. The van der Waals surface area contributed by atoms with Gasteiger partial charge in [0, 0.05) is 0 Å². The number of hydrogen-bond acceptors (Lipinski definition) is 6. The van der Waals surface area contributed by atoms with Crippen LogP contribution >= 0.6 is 23.8 Å². The topological polar surface area (TPSA) is 77.1 Å². The lowest BCUT2D eigenvalue weighted by Gasteiger charge is -2.29. The van der Waals surface area contributed by atoms with Crippen molar-refractivity contribution in [2.45, 2.75) is 26.4 Å². The zero-order chi connectivity index (χ0) is 23.4. The molecule has 1 aliphatic rings. The van der Waals surface area contributed by atoms with Gasteiger partial charge in [-0.15, -0.1) is 0 Å². The fraction of sp³-hybridized carbons (Fsp3) is 0.261. The third-order valence-electron chi connectivity index (χ3n) is 4.89. The number of hydrogen-bond donors (Lipinski definition) is 1. The first-order valence-corrected chi connectivity index (χ1v) is 10.7. The summed E-state index contributed by atoms with van der Waals surface area (Å²) >= 11 is 11.6. The first-order valence-electron chi connectivity index (χ1n) is 9.88. The highest BCUT2D eigenvalue weighted by Crippen LogP contribution is 2.38. The number of amides is 2. The molecule has 0 bridgehead atoms. The third-order valence-corrected chi connectivity index (χ3v) is 5.45. The summed E-state index contributed by atoms with van der Waals surface area (Å²) in [6.45, 7) is 3.92. The Morgan fingerprint density at radius 2 is 1.84 bits per heavy atom. The first-order chi connectivity index (χ1) is 15.3. The molecule has 3 rings (SSSR count). The number of benzene rings is 2. The summed E-state index contributed by atoms with van der Waals surface area (Å²) in [7, 11) is 3.04. The molecule has 1 fully saturated rings. The third kappa shape index (κ3) is 4.87. The van der Waals surface area contributed by atoms with E-state index in [0.29, 0.717) is 33.5 Å². The van der Waals surface area contributed by atoms with Crippen molar-refractivity contribution in [1.29, 1.82) is 0 Å². The Balaban J connectivity index is 1.99. The van der Waals surface area contributed by atoms with E-state index in [2.05, 4.69) is 5.32 Å². The number of rotatable bonds is 7. The molecule has 0 radical (unpaired) electrons. The van der Waals surface area contributed by atoms with Gasteiger partial charge in [-0.3, -0.25) is 19.8 Å². The molecule has 1 atom stereocenters. The Morgan fingerprint density at radius 1 is 1.16 bits per heavy atom. The molecule has 2 aromatic rings. The van der Waals surface area contributed by atoms with E-state index in [0.717, 1.165) is 6.42 Å². The van der Waals surface area contributed by atoms with Crippen LogP contribution in [0.5, 0.6) is 17.2 Å². The second-order valence-corrected chi connectivity index (χ2v) is 7.82. The van der Waals surface area contributed by atoms with Crippen LogP contribution in [-0.2, 0) is 9.59 Å². The molecule has 0 aliphatic carbocycles. The highest BCUT2D eigenvalue weighted by atomic mass is 35.5. The normalized spacial score (nSPS) is 16.1. The molecular weight excluding hydrogens is 452 g/mol. The van der Waals surface area contributed by atoms with Gasteiger partial charge in [-0.2, -0.15) is 0 Å². The molecule has 1 heterocycles. The highest BCUT2D eigenvalue weighted by molar-refractivity contribution is 7.80. The summed E-state index contributed by atoms with van der Waals surface area (Å²) in [5.41, 5.74) is 0.909. The van der Waals surface area contributed by atoms with E-state index in [4.69, 9.17) is 38.0 Å². The molecule has 1 aliphatic heterocycles. The quantitative estimate of drug-likeness (QED) is 0.365. The summed E-state index contributed by atoms with van der Waals surface area (Å²) < 4.78 is 16.4. The maximum absolute atomic E-state index is 13.2. The number of nitrogens with zero attached hydrogens (tertiary/aromatic N) is 1. The lowest BCUT2D eigenvalue weighted by molar-refractivity contribution is -0.122. The van der Waals surface area contributed by atoms with Crippen LogP contribution in [0.4, 0.5) is 5.69 Å². The first kappa shape index (κ1) is 23.6. The predicted molar refractivity (Wildman–Crippen MR) is 128 cm³/mol. The van der Waals surface area contributed by atoms with Crippen molar-refractivity contribution in [3.05, 3.63) is 52.6 Å². The summed E-state index contributed by atoms with van der Waals surface area (Å²) in [4.78, 5) is 27.0. The zero-order valence-electron chi connectivity index (χ0n) is 18.1. The molecule has 0 aromatic heterocycles. The van der Waals surface area contributed by atoms with Gasteiger partial charge >= 0.3 is 0 Å². The minimum Gasteiger partial charge on any atom is -0.497 e. The minimum atomic E-state index is -0.597. The van der Waals surface area contributed by atoms with Gasteiger partial charge in [0.25, 0.3) is 11.8 Å². The van der Waals surface area contributed by atoms with Gasteiger partial charge in [0.2, 0.25) is 0 Å². The van der Waals surface area contributed by atoms with E-state index < -0.39 is 11.8 Å². The molecule has 1 N–H and O–H groups in total. The number of thiocarbonyl (C=S) groups is 1. The van der Waals surface area contributed by atoms with Crippen LogP contribution < -0.4 is 24.4 Å².